The molecule has 3 rings (SSSR count). The van der Waals surface area contributed by atoms with E-state index in [4.69, 9.17) is 4.74 Å². The van der Waals surface area contributed by atoms with Crippen LogP contribution in [0, 0.1) is 0 Å². The third-order valence-corrected chi connectivity index (χ3v) is 5.18. The molecule has 1 atom stereocenters. The summed E-state index contributed by atoms with van der Waals surface area (Å²) in [5.41, 5.74) is 2.27. The Bertz CT molecular complexity index is 687. The van der Waals surface area contributed by atoms with E-state index in [1.807, 2.05) is 43.3 Å². The van der Waals surface area contributed by atoms with Crippen molar-refractivity contribution < 1.29 is 14.3 Å². The van der Waals surface area contributed by atoms with Crippen LogP contribution in [0.3, 0.4) is 0 Å². The standard InChI is InChI=1S/C18H19NO3S/c1-12(13-6-3-2-4-7-13)19-17(20)11-22-18(21)16-10-14-8-5-9-15(14)23-16/h2-4,6-7,10,12H,5,8-9,11H2,1H3,(H,19,20)/t12-/m0/s1. The average molecular weight is 329 g/mol. The Morgan fingerprint density at radius 2 is 2.04 bits per heavy atom. The lowest BCUT2D eigenvalue weighted by molar-refractivity contribution is -0.124. The second-order valence-corrected chi connectivity index (χ2v) is 6.83. The van der Waals surface area contributed by atoms with Gasteiger partial charge in [-0.3, -0.25) is 4.79 Å². The number of hydrogen-bond donors (Lipinski definition) is 1. The fraction of sp³-hybridized carbons (Fsp3) is 0.333. The SMILES string of the molecule is C[C@H](NC(=O)COC(=O)c1cc2c(s1)CCC2)c1ccccc1. The Kier molecular flexibility index (Phi) is 4.76. The fourth-order valence-corrected chi connectivity index (χ4v) is 3.89. The number of nitrogens with one attached hydrogen (secondary N) is 1. The molecule has 5 heteroatoms. The van der Waals surface area contributed by atoms with Crippen LogP contribution in [-0.4, -0.2) is 18.5 Å². The number of esters is 1. The van der Waals surface area contributed by atoms with Crippen LogP contribution in [0.1, 0.15) is 45.1 Å². The van der Waals surface area contributed by atoms with Crippen molar-refractivity contribution in [1.82, 2.24) is 5.32 Å². The highest BCUT2D eigenvalue weighted by Crippen LogP contribution is 2.30. The van der Waals surface area contributed by atoms with Crippen molar-refractivity contribution in [3.05, 3.63) is 57.3 Å². The van der Waals surface area contributed by atoms with E-state index in [0.717, 1.165) is 24.8 Å². The quantitative estimate of drug-likeness (QED) is 0.857. The number of rotatable bonds is 5. The van der Waals surface area contributed by atoms with Crippen LogP contribution in [0.15, 0.2) is 36.4 Å². The van der Waals surface area contributed by atoms with Gasteiger partial charge in [0.2, 0.25) is 0 Å². The van der Waals surface area contributed by atoms with E-state index in [9.17, 15) is 9.59 Å². The molecule has 0 unspecified atom stereocenters. The van der Waals surface area contributed by atoms with E-state index in [1.165, 1.54) is 21.8 Å². The Labute approximate surface area is 139 Å². The maximum Gasteiger partial charge on any atom is 0.348 e. The Balaban J connectivity index is 1.49. The van der Waals surface area contributed by atoms with Crippen molar-refractivity contribution in [3.63, 3.8) is 0 Å². The Hall–Kier alpha value is -2.14. The van der Waals surface area contributed by atoms with Crippen LogP contribution in [0.5, 0.6) is 0 Å². The summed E-state index contributed by atoms with van der Waals surface area (Å²) in [5.74, 6) is -0.703. The van der Waals surface area contributed by atoms with Gasteiger partial charge >= 0.3 is 5.97 Å². The van der Waals surface area contributed by atoms with Gasteiger partial charge in [-0.25, -0.2) is 4.79 Å². The van der Waals surface area contributed by atoms with Gasteiger partial charge in [-0.15, -0.1) is 11.3 Å². The molecule has 23 heavy (non-hydrogen) atoms. The molecule has 1 amide bonds. The number of hydrogen-bond acceptors (Lipinski definition) is 4. The monoisotopic (exact) mass is 329 g/mol. The molecule has 0 radical (unpaired) electrons. The predicted molar refractivity (Wildman–Crippen MR) is 89.6 cm³/mol. The zero-order valence-corrected chi connectivity index (χ0v) is 13.8. The number of thiophene rings is 1. The van der Waals surface area contributed by atoms with Crippen LogP contribution < -0.4 is 5.32 Å². The van der Waals surface area contributed by atoms with Crippen LogP contribution >= 0.6 is 11.3 Å². The maximum absolute atomic E-state index is 12.0. The smallest absolute Gasteiger partial charge is 0.348 e. The molecule has 1 heterocycles. The lowest BCUT2D eigenvalue weighted by atomic mass is 10.1. The van der Waals surface area contributed by atoms with Crippen molar-refractivity contribution in [1.29, 1.82) is 0 Å². The first-order chi connectivity index (χ1) is 11.1. The molecule has 0 aliphatic heterocycles. The van der Waals surface area contributed by atoms with Gasteiger partial charge in [-0.05, 0) is 43.4 Å². The zero-order valence-electron chi connectivity index (χ0n) is 13.0. The first-order valence-corrected chi connectivity index (χ1v) is 8.58. The van der Waals surface area contributed by atoms with Crippen molar-refractivity contribution in [3.8, 4) is 0 Å². The number of carbonyl (C=O) groups is 2. The normalized spacial score (nSPS) is 14.1. The lowest BCUT2D eigenvalue weighted by Crippen LogP contribution is -2.31. The molecule has 1 aliphatic carbocycles. The number of amides is 1. The van der Waals surface area contributed by atoms with Crippen molar-refractivity contribution in [2.75, 3.05) is 6.61 Å². The molecule has 120 valence electrons. The van der Waals surface area contributed by atoms with Crippen LogP contribution in [0.4, 0.5) is 0 Å². The van der Waals surface area contributed by atoms with Gasteiger partial charge in [-0.1, -0.05) is 30.3 Å². The second-order valence-electron chi connectivity index (χ2n) is 5.69. The van der Waals surface area contributed by atoms with Crippen LogP contribution in [0.25, 0.3) is 0 Å². The second kappa shape index (κ2) is 6.96. The number of carbonyl (C=O) groups excluding carboxylic acids is 2. The third-order valence-electron chi connectivity index (χ3n) is 3.96. The van der Waals surface area contributed by atoms with E-state index in [2.05, 4.69) is 5.32 Å². The van der Waals surface area contributed by atoms with E-state index in [0.29, 0.717) is 4.88 Å². The van der Waals surface area contributed by atoms with Gasteiger partial charge in [0.15, 0.2) is 6.61 Å². The minimum Gasteiger partial charge on any atom is -0.451 e. The summed E-state index contributed by atoms with van der Waals surface area (Å²) in [4.78, 5) is 25.8. The fourth-order valence-electron chi connectivity index (χ4n) is 2.74. The lowest BCUT2D eigenvalue weighted by Gasteiger charge is -2.14. The molecule has 0 saturated carbocycles. The van der Waals surface area contributed by atoms with E-state index < -0.39 is 5.97 Å². The summed E-state index contributed by atoms with van der Waals surface area (Å²) in [7, 11) is 0. The predicted octanol–water partition coefficient (Wildman–Crippen LogP) is 3.27. The molecule has 4 nitrogen and oxygen atoms in total. The Morgan fingerprint density at radius 3 is 2.78 bits per heavy atom. The molecule has 0 fully saturated rings. The summed E-state index contributed by atoms with van der Waals surface area (Å²) in [6.45, 7) is 1.65. The molecule has 2 aromatic rings. The minimum atomic E-state index is -0.410. The Morgan fingerprint density at radius 1 is 1.26 bits per heavy atom. The molecule has 1 aliphatic rings. The summed E-state index contributed by atoms with van der Waals surface area (Å²) in [6.07, 6.45) is 3.24. The summed E-state index contributed by atoms with van der Waals surface area (Å²) in [5, 5.41) is 2.83. The summed E-state index contributed by atoms with van der Waals surface area (Å²) < 4.78 is 5.12. The summed E-state index contributed by atoms with van der Waals surface area (Å²) in [6, 6.07) is 11.5. The molecular weight excluding hydrogens is 310 g/mol. The van der Waals surface area contributed by atoms with Crippen molar-refractivity contribution >= 4 is 23.2 Å². The van der Waals surface area contributed by atoms with Crippen LogP contribution in [-0.2, 0) is 22.4 Å². The van der Waals surface area contributed by atoms with Gasteiger partial charge in [0.25, 0.3) is 5.91 Å². The number of aryl methyl sites for hydroxylation is 2. The van der Waals surface area contributed by atoms with E-state index in [1.54, 1.807) is 0 Å². The van der Waals surface area contributed by atoms with Crippen molar-refractivity contribution in [2.45, 2.75) is 32.2 Å². The van der Waals surface area contributed by atoms with Crippen LogP contribution in [0.2, 0.25) is 0 Å². The van der Waals surface area contributed by atoms with Gasteiger partial charge in [0, 0.05) is 4.88 Å². The first-order valence-electron chi connectivity index (χ1n) is 7.76. The van der Waals surface area contributed by atoms with Gasteiger partial charge in [0.1, 0.15) is 4.88 Å². The van der Waals surface area contributed by atoms with Gasteiger partial charge in [0.05, 0.1) is 6.04 Å². The molecule has 0 saturated heterocycles. The average Bonchev–Trinajstić information content (AvgIpc) is 3.15. The molecular formula is C18H19NO3S. The topological polar surface area (TPSA) is 55.4 Å². The highest BCUT2D eigenvalue weighted by Gasteiger charge is 2.20. The van der Waals surface area contributed by atoms with Gasteiger partial charge < -0.3 is 10.1 Å². The molecule has 1 N–H and O–H groups in total. The first kappa shape index (κ1) is 15.7. The highest BCUT2D eigenvalue weighted by atomic mass is 32.1. The number of fused-ring (bicyclic) bond motifs is 1. The zero-order chi connectivity index (χ0) is 16.2. The molecule has 1 aromatic heterocycles. The molecule has 0 bridgehead atoms. The number of benzene rings is 1. The highest BCUT2D eigenvalue weighted by molar-refractivity contribution is 7.14. The molecule has 1 aromatic carbocycles. The van der Waals surface area contributed by atoms with E-state index >= 15 is 0 Å². The maximum atomic E-state index is 12.0. The van der Waals surface area contributed by atoms with Gasteiger partial charge in [-0.2, -0.15) is 0 Å². The molecule has 0 spiro atoms. The minimum absolute atomic E-state index is 0.118. The largest absolute Gasteiger partial charge is 0.451 e. The third kappa shape index (κ3) is 3.79. The number of ether oxygens (including phenoxy) is 1. The summed E-state index contributed by atoms with van der Waals surface area (Å²) >= 11 is 1.49. The van der Waals surface area contributed by atoms with E-state index in [-0.39, 0.29) is 18.6 Å². The van der Waals surface area contributed by atoms with Crippen molar-refractivity contribution in [2.24, 2.45) is 0 Å².